The molecule has 0 fully saturated rings. The van der Waals surface area contributed by atoms with E-state index in [0.717, 1.165) is 18.7 Å². The van der Waals surface area contributed by atoms with Crippen LogP contribution >= 0.6 is 0 Å². The summed E-state index contributed by atoms with van der Waals surface area (Å²) in [6.07, 6.45) is -3.43. The number of hydrogen-bond donors (Lipinski definition) is 1. The topological polar surface area (TPSA) is 23.5 Å². The number of nitrogens with zero attached hydrogens (tertiary/aromatic N) is 1. The van der Waals surface area contributed by atoms with Gasteiger partial charge in [0.1, 0.15) is 5.60 Å². The zero-order valence-electron chi connectivity index (χ0n) is 13.8. The summed E-state index contributed by atoms with van der Waals surface area (Å²) in [5.74, 6) is 0. The van der Waals surface area contributed by atoms with Crippen LogP contribution in [0.25, 0.3) is 0 Å². The SMILES string of the molecule is CN(C)CCCC(O)(c1ccccc1)c1cccc(C(F)(F)F)c1. The molecule has 1 unspecified atom stereocenters. The monoisotopic (exact) mass is 337 g/mol. The molecular weight excluding hydrogens is 315 g/mol. The maximum Gasteiger partial charge on any atom is 0.416 e. The zero-order chi connectivity index (χ0) is 17.8. The molecule has 2 aromatic rings. The fourth-order valence-electron chi connectivity index (χ4n) is 2.77. The molecule has 0 aliphatic carbocycles. The highest BCUT2D eigenvalue weighted by molar-refractivity contribution is 5.38. The number of hydrogen-bond acceptors (Lipinski definition) is 2. The summed E-state index contributed by atoms with van der Waals surface area (Å²) in [6.45, 7) is 0.744. The van der Waals surface area contributed by atoms with Crippen LogP contribution in [0.5, 0.6) is 0 Å². The molecule has 0 saturated carbocycles. The van der Waals surface area contributed by atoms with Crippen LogP contribution in [0.4, 0.5) is 13.2 Å². The third kappa shape index (κ3) is 4.36. The Morgan fingerprint density at radius 2 is 1.46 bits per heavy atom. The van der Waals surface area contributed by atoms with E-state index < -0.39 is 17.3 Å². The molecule has 1 atom stereocenters. The number of aliphatic hydroxyl groups is 1. The first-order valence-corrected chi connectivity index (χ1v) is 7.84. The Bertz CT molecular complexity index is 655. The third-order valence-electron chi connectivity index (χ3n) is 4.06. The van der Waals surface area contributed by atoms with Crippen molar-refractivity contribution < 1.29 is 18.3 Å². The van der Waals surface area contributed by atoms with E-state index in [4.69, 9.17) is 0 Å². The molecule has 0 bridgehead atoms. The van der Waals surface area contributed by atoms with E-state index in [1.807, 2.05) is 25.1 Å². The Labute approximate surface area is 140 Å². The summed E-state index contributed by atoms with van der Waals surface area (Å²) in [5.41, 5.74) is -1.33. The largest absolute Gasteiger partial charge is 0.416 e. The molecule has 24 heavy (non-hydrogen) atoms. The number of halogens is 3. The molecule has 2 rings (SSSR count). The smallest absolute Gasteiger partial charge is 0.380 e. The van der Waals surface area contributed by atoms with Crippen molar-refractivity contribution >= 4 is 0 Å². The summed E-state index contributed by atoms with van der Waals surface area (Å²) < 4.78 is 39.1. The van der Waals surface area contributed by atoms with E-state index in [1.165, 1.54) is 6.07 Å². The first-order chi connectivity index (χ1) is 11.2. The van der Waals surface area contributed by atoms with E-state index in [9.17, 15) is 18.3 Å². The summed E-state index contributed by atoms with van der Waals surface area (Å²) in [6, 6.07) is 13.8. The molecule has 5 heteroatoms. The lowest BCUT2D eigenvalue weighted by Gasteiger charge is -2.30. The Hall–Kier alpha value is -1.85. The predicted octanol–water partition coefficient (Wildman–Crippen LogP) is 4.28. The minimum atomic E-state index is -4.43. The molecule has 0 spiro atoms. The van der Waals surface area contributed by atoms with Gasteiger partial charge in [0.15, 0.2) is 0 Å². The molecule has 0 aromatic heterocycles. The van der Waals surface area contributed by atoms with Gasteiger partial charge in [-0.25, -0.2) is 0 Å². The minimum Gasteiger partial charge on any atom is -0.380 e. The van der Waals surface area contributed by atoms with Gasteiger partial charge in [-0.05, 0) is 56.7 Å². The van der Waals surface area contributed by atoms with Gasteiger partial charge in [-0.1, -0.05) is 42.5 Å². The Morgan fingerprint density at radius 3 is 2.04 bits per heavy atom. The van der Waals surface area contributed by atoms with Gasteiger partial charge in [0.05, 0.1) is 5.56 Å². The highest BCUT2D eigenvalue weighted by atomic mass is 19.4. The van der Waals surface area contributed by atoms with Crippen molar-refractivity contribution in [2.45, 2.75) is 24.6 Å². The van der Waals surface area contributed by atoms with E-state index in [2.05, 4.69) is 0 Å². The highest BCUT2D eigenvalue weighted by Crippen LogP contribution is 2.37. The van der Waals surface area contributed by atoms with Crippen LogP contribution in [0.15, 0.2) is 54.6 Å². The Morgan fingerprint density at radius 1 is 0.875 bits per heavy atom. The molecule has 0 aliphatic rings. The first kappa shape index (κ1) is 18.5. The molecular formula is C19H22F3NO. The summed E-state index contributed by atoms with van der Waals surface area (Å²) >= 11 is 0. The van der Waals surface area contributed by atoms with Crippen molar-refractivity contribution in [3.8, 4) is 0 Å². The Kier molecular flexibility index (Phi) is 5.67. The van der Waals surface area contributed by atoms with Crippen LogP contribution < -0.4 is 0 Å². The molecule has 2 aromatic carbocycles. The maximum absolute atomic E-state index is 13.0. The second-order valence-electron chi connectivity index (χ2n) is 6.21. The van der Waals surface area contributed by atoms with Crippen LogP contribution in [0.2, 0.25) is 0 Å². The fraction of sp³-hybridized carbons (Fsp3) is 0.368. The number of alkyl halides is 3. The van der Waals surface area contributed by atoms with Crippen LogP contribution in [0.1, 0.15) is 29.5 Å². The van der Waals surface area contributed by atoms with Gasteiger partial charge in [0, 0.05) is 0 Å². The Balaban J connectivity index is 2.43. The standard InChI is InChI=1S/C19H22F3NO/c1-23(2)13-7-12-18(24,15-8-4-3-5-9-15)16-10-6-11-17(14-16)19(20,21)22/h3-6,8-11,14,24H,7,12-13H2,1-2H3. The van der Waals surface area contributed by atoms with E-state index in [1.54, 1.807) is 30.3 Å². The summed E-state index contributed by atoms with van der Waals surface area (Å²) in [5, 5.41) is 11.3. The number of benzene rings is 2. The third-order valence-corrected chi connectivity index (χ3v) is 4.06. The molecule has 0 radical (unpaired) electrons. The molecule has 0 aliphatic heterocycles. The quantitative estimate of drug-likeness (QED) is 0.850. The van der Waals surface area contributed by atoms with Crippen molar-refractivity contribution in [1.82, 2.24) is 4.90 Å². The second-order valence-corrected chi connectivity index (χ2v) is 6.21. The van der Waals surface area contributed by atoms with Gasteiger partial charge in [0.2, 0.25) is 0 Å². The van der Waals surface area contributed by atoms with Gasteiger partial charge in [-0.3, -0.25) is 0 Å². The highest BCUT2D eigenvalue weighted by Gasteiger charge is 2.35. The molecule has 2 nitrogen and oxygen atoms in total. The molecule has 0 heterocycles. The van der Waals surface area contributed by atoms with Crippen molar-refractivity contribution in [3.63, 3.8) is 0 Å². The normalized spacial score (nSPS) is 14.6. The lowest BCUT2D eigenvalue weighted by atomic mass is 9.82. The summed E-state index contributed by atoms with van der Waals surface area (Å²) in [4.78, 5) is 1.98. The molecule has 130 valence electrons. The zero-order valence-corrected chi connectivity index (χ0v) is 13.8. The predicted molar refractivity (Wildman–Crippen MR) is 88.7 cm³/mol. The van der Waals surface area contributed by atoms with Crippen LogP contribution in [-0.2, 0) is 11.8 Å². The maximum atomic E-state index is 13.0. The van der Waals surface area contributed by atoms with Gasteiger partial charge in [-0.15, -0.1) is 0 Å². The average Bonchev–Trinajstić information content (AvgIpc) is 2.54. The van der Waals surface area contributed by atoms with Crippen LogP contribution in [0, 0.1) is 0 Å². The molecule has 0 saturated heterocycles. The van der Waals surface area contributed by atoms with Crippen LogP contribution in [-0.4, -0.2) is 30.6 Å². The van der Waals surface area contributed by atoms with Gasteiger partial charge >= 0.3 is 6.18 Å². The number of rotatable bonds is 6. The second kappa shape index (κ2) is 7.36. The average molecular weight is 337 g/mol. The molecule has 0 amide bonds. The molecule has 1 N–H and O–H groups in total. The fourth-order valence-corrected chi connectivity index (χ4v) is 2.77. The van der Waals surface area contributed by atoms with Crippen molar-refractivity contribution in [2.24, 2.45) is 0 Å². The van der Waals surface area contributed by atoms with Crippen molar-refractivity contribution in [1.29, 1.82) is 0 Å². The van der Waals surface area contributed by atoms with Gasteiger partial charge in [-0.2, -0.15) is 13.2 Å². The van der Waals surface area contributed by atoms with E-state index >= 15 is 0 Å². The van der Waals surface area contributed by atoms with E-state index in [0.29, 0.717) is 18.4 Å². The minimum absolute atomic E-state index is 0.266. The van der Waals surface area contributed by atoms with Crippen LogP contribution in [0.3, 0.4) is 0 Å². The van der Waals surface area contributed by atoms with E-state index in [-0.39, 0.29) is 5.56 Å². The lowest BCUT2D eigenvalue weighted by molar-refractivity contribution is -0.137. The lowest BCUT2D eigenvalue weighted by Crippen LogP contribution is -2.29. The van der Waals surface area contributed by atoms with Gasteiger partial charge < -0.3 is 10.0 Å². The summed E-state index contributed by atoms with van der Waals surface area (Å²) in [7, 11) is 3.84. The van der Waals surface area contributed by atoms with Crippen molar-refractivity contribution in [3.05, 3.63) is 71.3 Å². The van der Waals surface area contributed by atoms with Gasteiger partial charge in [0.25, 0.3) is 0 Å². The first-order valence-electron chi connectivity index (χ1n) is 7.84. The van der Waals surface area contributed by atoms with Crippen molar-refractivity contribution in [2.75, 3.05) is 20.6 Å².